The molecule has 4 nitrogen and oxygen atoms in total. The highest BCUT2D eigenvalue weighted by molar-refractivity contribution is 5.79. The number of alkyl carbamates (subject to hydrolysis) is 1. The molecule has 4 rings (SSSR count). The molecule has 0 aliphatic heterocycles. The maximum Gasteiger partial charge on any atom is 0.407 e. The number of aliphatic hydroxyl groups excluding tert-OH is 1. The number of ether oxygens (including phenoxy) is 1. The van der Waals surface area contributed by atoms with Gasteiger partial charge in [0, 0.05) is 18.6 Å². The zero-order valence-electron chi connectivity index (χ0n) is 14.2. The lowest BCUT2D eigenvalue weighted by molar-refractivity contribution is 0.138. The summed E-state index contributed by atoms with van der Waals surface area (Å²) in [6.07, 6.45) is 2.35. The number of rotatable bonds is 4. The van der Waals surface area contributed by atoms with E-state index in [9.17, 15) is 9.90 Å². The lowest BCUT2D eigenvalue weighted by Crippen LogP contribution is -2.34. The van der Waals surface area contributed by atoms with Gasteiger partial charge in [0.05, 0.1) is 0 Å². The van der Waals surface area contributed by atoms with Gasteiger partial charge in [0.2, 0.25) is 0 Å². The fraction of sp³-hybridized carbons (Fsp3) is 0.381. The molecule has 0 bridgehead atoms. The van der Waals surface area contributed by atoms with Gasteiger partial charge in [-0.15, -0.1) is 0 Å². The molecule has 1 fully saturated rings. The van der Waals surface area contributed by atoms with Crippen LogP contribution in [0.4, 0.5) is 4.79 Å². The summed E-state index contributed by atoms with van der Waals surface area (Å²) >= 11 is 0. The highest BCUT2D eigenvalue weighted by Gasteiger charge is 2.30. The topological polar surface area (TPSA) is 58.6 Å². The van der Waals surface area contributed by atoms with Crippen molar-refractivity contribution >= 4 is 6.09 Å². The van der Waals surface area contributed by atoms with Crippen LogP contribution in [-0.4, -0.2) is 30.5 Å². The second-order valence-electron chi connectivity index (χ2n) is 7.03. The van der Waals surface area contributed by atoms with Gasteiger partial charge in [0.1, 0.15) is 6.61 Å². The highest BCUT2D eigenvalue weighted by atomic mass is 16.5. The van der Waals surface area contributed by atoms with Crippen LogP contribution in [0.5, 0.6) is 0 Å². The fourth-order valence-electron chi connectivity index (χ4n) is 4.18. The molecular weight excluding hydrogens is 314 g/mol. The Morgan fingerprint density at radius 1 is 1.04 bits per heavy atom. The summed E-state index contributed by atoms with van der Waals surface area (Å²) in [5.41, 5.74) is 4.90. The van der Waals surface area contributed by atoms with Gasteiger partial charge in [-0.05, 0) is 47.4 Å². The van der Waals surface area contributed by atoms with Gasteiger partial charge in [-0.2, -0.15) is 0 Å². The van der Waals surface area contributed by atoms with Crippen molar-refractivity contribution in [2.45, 2.75) is 31.2 Å². The summed E-state index contributed by atoms with van der Waals surface area (Å²) in [7, 11) is 0. The molecule has 0 unspecified atom stereocenters. The molecule has 0 saturated heterocycles. The van der Waals surface area contributed by atoms with Crippen LogP contribution in [-0.2, 0) is 4.74 Å². The van der Waals surface area contributed by atoms with Crippen molar-refractivity contribution < 1.29 is 14.6 Å². The molecule has 0 aromatic heterocycles. The van der Waals surface area contributed by atoms with E-state index < -0.39 is 0 Å². The average molecular weight is 337 g/mol. The zero-order valence-corrected chi connectivity index (χ0v) is 14.2. The summed E-state index contributed by atoms with van der Waals surface area (Å²) in [6.45, 7) is 0.541. The predicted octanol–water partition coefficient (Wildman–Crippen LogP) is 3.69. The molecule has 2 aromatic rings. The number of aliphatic hydroxyl groups is 1. The van der Waals surface area contributed by atoms with Crippen molar-refractivity contribution in [1.82, 2.24) is 5.32 Å². The Kier molecular flexibility index (Phi) is 4.45. The maximum absolute atomic E-state index is 12.2. The van der Waals surface area contributed by atoms with E-state index in [0.717, 1.165) is 19.3 Å². The minimum atomic E-state index is -0.356. The summed E-state index contributed by atoms with van der Waals surface area (Å²) in [4.78, 5) is 12.2. The minimum Gasteiger partial charge on any atom is -0.449 e. The number of carbonyl (C=O) groups excluding carboxylic acids is 1. The van der Waals surface area contributed by atoms with Crippen molar-refractivity contribution in [3.63, 3.8) is 0 Å². The lowest BCUT2D eigenvalue weighted by atomic mass is 9.98. The number of fused-ring (bicyclic) bond motifs is 3. The molecule has 2 N–H and O–H groups in total. The molecule has 25 heavy (non-hydrogen) atoms. The molecule has 0 spiro atoms. The molecule has 1 amide bonds. The Balaban J connectivity index is 1.42. The molecule has 2 aromatic carbocycles. The van der Waals surface area contributed by atoms with Crippen molar-refractivity contribution in [2.75, 3.05) is 13.2 Å². The first kappa shape index (κ1) is 16.2. The molecule has 2 atom stereocenters. The number of nitrogens with one attached hydrogen (secondary N) is 1. The molecule has 0 heterocycles. The first-order valence-electron chi connectivity index (χ1n) is 8.98. The number of carbonyl (C=O) groups is 1. The summed E-state index contributed by atoms with van der Waals surface area (Å²) in [5.74, 6) is 0.394. The van der Waals surface area contributed by atoms with E-state index >= 15 is 0 Å². The Hall–Kier alpha value is -2.33. The van der Waals surface area contributed by atoms with Gasteiger partial charge in [-0.25, -0.2) is 4.79 Å². The molecule has 1 saturated carbocycles. The SMILES string of the molecule is O=C(N[C@H]1CC[C@@H](CO)C1)OCC1c2ccccc2-c2ccccc21. The predicted molar refractivity (Wildman–Crippen MR) is 96.4 cm³/mol. The first-order valence-corrected chi connectivity index (χ1v) is 8.98. The van der Waals surface area contributed by atoms with E-state index in [4.69, 9.17) is 4.74 Å². The Labute approximate surface area is 147 Å². The van der Waals surface area contributed by atoms with Crippen LogP contribution in [0.15, 0.2) is 48.5 Å². The number of hydrogen-bond donors (Lipinski definition) is 2. The van der Waals surface area contributed by atoms with Crippen molar-refractivity contribution in [1.29, 1.82) is 0 Å². The van der Waals surface area contributed by atoms with Gasteiger partial charge in [-0.3, -0.25) is 0 Å². The molecule has 4 heteroatoms. The monoisotopic (exact) mass is 337 g/mol. The molecule has 2 aliphatic carbocycles. The van der Waals surface area contributed by atoms with Crippen LogP contribution in [0, 0.1) is 5.92 Å². The van der Waals surface area contributed by atoms with Gasteiger partial charge in [0.15, 0.2) is 0 Å². The van der Waals surface area contributed by atoms with E-state index in [1.807, 2.05) is 24.3 Å². The standard InChI is InChI=1S/C21H23NO3/c23-12-14-9-10-15(11-14)22-21(24)25-13-20-18-7-3-1-5-16(18)17-6-2-4-8-19(17)20/h1-8,14-15,20,23H,9-13H2,(H,22,24)/t14-,15+/m1/s1. The second kappa shape index (κ2) is 6.89. The lowest BCUT2D eigenvalue weighted by Gasteiger charge is -2.17. The van der Waals surface area contributed by atoms with Crippen LogP contribution in [0.25, 0.3) is 11.1 Å². The van der Waals surface area contributed by atoms with E-state index in [-0.39, 0.29) is 24.7 Å². The smallest absolute Gasteiger partial charge is 0.407 e. The summed E-state index contributed by atoms with van der Waals surface area (Å²) < 4.78 is 5.56. The van der Waals surface area contributed by atoms with E-state index in [2.05, 4.69) is 29.6 Å². The van der Waals surface area contributed by atoms with E-state index in [0.29, 0.717) is 12.5 Å². The third-order valence-corrected chi connectivity index (χ3v) is 5.47. The quantitative estimate of drug-likeness (QED) is 0.895. The van der Waals surface area contributed by atoms with Crippen molar-refractivity contribution in [3.8, 4) is 11.1 Å². The summed E-state index contributed by atoms with van der Waals surface area (Å²) in [5, 5.41) is 12.1. The third-order valence-electron chi connectivity index (χ3n) is 5.47. The van der Waals surface area contributed by atoms with Crippen LogP contribution >= 0.6 is 0 Å². The van der Waals surface area contributed by atoms with Gasteiger partial charge in [-0.1, -0.05) is 48.5 Å². The Morgan fingerprint density at radius 3 is 2.28 bits per heavy atom. The van der Waals surface area contributed by atoms with Crippen LogP contribution in [0.2, 0.25) is 0 Å². The number of hydrogen-bond acceptors (Lipinski definition) is 3. The maximum atomic E-state index is 12.2. The summed E-state index contributed by atoms with van der Waals surface area (Å²) in [6, 6.07) is 16.8. The van der Waals surface area contributed by atoms with Gasteiger partial charge < -0.3 is 15.2 Å². The second-order valence-corrected chi connectivity index (χ2v) is 7.03. The third kappa shape index (κ3) is 3.14. The van der Waals surface area contributed by atoms with Gasteiger partial charge in [0.25, 0.3) is 0 Å². The molecular formula is C21H23NO3. The van der Waals surface area contributed by atoms with Gasteiger partial charge >= 0.3 is 6.09 Å². The van der Waals surface area contributed by atoms with E-state index in [1.54, 1.807) is 0 Å². The van der Waals surface area contributed by atoms with Crippen molar-refractivity contribution in [2.24, 2.45) is 5.92 Å². The first-order chi connectivity index (χ1) is 12.3. The highest BCUT2D eigenvalue weighted by Crippen LogP contribution is 2.44. The average Bonchev–Trinajstić information content (AvgIpc) is 3.22. The largest absolute Gasteiger partial charge is 0.449 e. The Bertz CT molecular complexity index is 728. The van der Waals surface area contributed by atoms with Crippen LogP contribution < -0.4 is 5.32 Å². The van der Waals surface area contributed by atoms with Crippen molar-refractivity contribution in [3.05, 3.63) is 59.7 Å². The Morgan fingerprint density at radius 2 is 1.68 bits per heavy atom. The van der Waals surface area contributed by atoms with Crippen LogP contribution in [0.1, 0.15) is 36.3 Å². The molecule has 130 valence electrons. The number of benzene rings is 2. The minimum absolute atomic E-state index is 0.0897. The fourth-order valence-corrected chi connectivity index (χ4v) is 4.18. The van der Waals surface area contributed by atoms with Crippen LogP contribution in [0.3, 0.4) is 0 Å². The van der Waals surface area contributed by atoms with E-state index in [1.165, 1.54) is 22.3 Å². The normalized spacial score (nSPS) is 21.6. The molecule has 0 radical (unpaired) electrons. The number of amides is 1. The molecule has 2 aliphatic rings. The zero-order chi connectivity index (χ0) is 17.2.